The maximum atomic E-state index is 11.9. The van der Waals surface area contributed by atoms with Crippen molar-refractivity contribution in [2.24, 2.45) is 0 Å². The fourth-order valence-electron chi connectivity index (χ4n) is 2.06. The first-order chi connectivity index (χ1) is 7.36. The van der Waals surface area contributed by atoms with E-state index in [1.165, 1.54) is 12.8 Å². The predicted molar refractivity (Wildman–Crippen MR) is 61.0 cm³/mol. The molecule has 0 saturated carbocycles. The summed E-state index contributed by atoms with van der Waals surface area (Å²) in [5, 5.41) is 3.40. The van der Waals surface area contributed by atoms with Crippen LogP contribution in [0, 0.1) is 0 Å². The van der Waals surface area contributed by atoms with Crippen LogP contribution >= 0.6 is 0 Å². The summed E-state index contributed by atoms with van der Waals surface area (Å²) < 4.78 is 0. The van der Waals surface area contributed by atoms with E-state index in [-0.39, 0.29) is 5.78 Å². The Balaban J connectivity index is 1.91. The molecule has 1 aliphatic heterocycles. The first kappa shape index (κ1) is 10.4. The highest BCUT2D eigenvalue weighted by molar-refractivity contribution is 5.96. The van der Waals surface area contributed by atoms with E-state index >= 15 is 0 Å². The molecule has 0 radical (unpaired) electrons. The van der Waals surface area contributed by atoms with Crippen molar-refractivity contribution in [1.82, 2.24) is 5.32 Å². The molecule has 1 N–H and O–H groups in total. The van der Waals surface area contributed by atoms with E-state index < -0.39 is 0 Å². The van der Waals surface area contributed by atoms with E-state index in [1.807, 2.05) is 30.3 Å². The number of carbonyl (C=O) groups is 1. The highest BCUT2D eigenvalue weighted by atomic mass is 16.1. The molecule has 80 valence electrons. The lowest BCUT2D eigenvalue weighted by Gasteiger charge is -2.22. The van der Waals surface area contributed by atoms with Crippen LogP contribution in [-0.4, -0.2) is 18.4 Å². The zero-order chi connectivity index (χ0) is 10.5. The topological polar surface area (TPSA) is 29.1 Å². The SMILES string of the molecule is O=C(C[C@@H]1CCCCN1)c1ccccc1. The second-order valence-electron chi connectivity index (χ2n) is 4.14. The summed E-state index contributed by atoms with van der Waals surface area (Å²) in [6.45, 7) is 1.06. The second kappa shape index (κ2) is 5.08. The lowest BCUT2D eigenvalue weighted by atomic mass is 9.97. The number of Topliss-reactive ketones (excluding diaryl/α,β-unsaturated/α-hetero) is 1. The Kier molecular flexibility index (Phi) is 3.51. The second-order valence-corrected chi connectivity index (χ2v) is 4.14. The maximum Gasteiger partial charge on any atom is 0.164 e. The third kappa shape index (κ3) is 2.90. The Morgan fingerprint density at radius 1 is 1.27 bits per heavy atom. The third-order valence-electron chi connectivity index (χ3n) is 2.94. The molecule has 0 bridgehead atoms. The summed E-state index contributed by atoms with van der Waals surface area (Å²) in [5.41, 5.74) is 0.838. The molecule has 0 amide bonds. The Hall–Kier alpha value is -1.15. The molecule has 1 heterocycles. The normalized spacial score (nSPS) is 21.2. The van der Waals surface area contributed by atoms with Gasteiger partial charge in [0.2, 0.25) is 0 Å². The van der Waals surface area contributed by atoms with Crippen LogP contribution in [0.3, 0.4) is 0 Å². The van der Waals surface area contributed by atoms with Crippen LogP contribution < -0.4 is 5.32 Å². The minimum atomic E-state index is 0.259. The van der Waals surface area contributed by atoms with Crippen molar-refractivity contribution in [1.29, 1.82) is 0 Å². The number of ketones is 1. The highest BCUT2D eigenvalue weighted by Gasteiger charge is 2.16. The lowest BCUT2D eigenvalue weighted by Crippen LogP contribution is -2.35. The molecular weight excluding hydrogens is 186 g/mol. The van der Waals surface area contributed by atoms with Gasteiger partial charge in [0.15, 0.2) is 5.78 Å². The van der Waals surface area contributed by atoms with Gasteiger partial charge >= 0.3 is 0 Å². The van der Waals surface area contributed by atoms with E-state index in [0.717, 1.165) is 18.5 Å². The van der Waals surface area contributed by atoms with E-state index in [4.69, 9.17) is 0 Å². The monoisotopic (exact) mass is 203 g/mol. The average molecular weight is 203 g/mol. The average Bonchev–Trinajstić information content (AvgIpc) is 2.31. The number of piperidine rings is 1. The van der Waals surface area contributed by atoms with Crippen LogP contribution in [0.25, 0.3) is 0 Å². The molecule has 2 heteroatoms. The smallest absolute Gasteiger partial charge is 0.164 e. The van der Waals surface area contributed by atoms with Crippen molar-refractivity contribution in [2.45, 2.75) is 31.7 Å². The van der Waals surface area contributed by atoms with Gasteiger partial charge in [0.05, 0.1) is 0 Å². The first-order valence-electron chi connectivity index (χ1n) is 5.68. The van der Waals surface area contributed by atoms with E-state index in [1.54, 1.807) is 0 Å². The lowest BCUT2D eigenvalue weighted by molar-refractivity contribution is 0.0963. The molecule has 0 spiro atoms. The fourth-order valence-corrected chi connectivity index (χ4v) is 2.06. The summed E-state index contributed by atoms with van der Waals surface area (Å²) in [6, 6.07) is 9.96. The molecule has 1 aromatic carbocycles. The van der Waals surface area contributed by atoms with Gasteiger partial charge < -0.3 is 5.32 Å². The summed E-state index contributed by atoms with van der Waals surface area (Å²) in [5.74, 6) is 0.259. The van der Waals surface area contributed by atoms with Crippen LogP contribution in [-0.2, 0) is 0 Å². The molecule has 0 aromatic heterocycles. The van der Waals surface area contributed by atoms with Gasteiger partial charge in [0, 0.05) is 18.0 Å². The number of rotatable bonds is 3. The van der Waals surface area contributed by atoms with Gasteiger partial charge in [-0.3, -0.25) is 4.79 Å². The molecule has 1 saturated heterocycles. The van der Waals surface area contributed by atoms with Crippen molar-refractivity contribution in [3.63, 3.8) is 0 Å². The molecule has 15 heavy (non-hydrogen) atoms. The van der Waals surface area contributed by atoms with Gasteiger partial charge in [-0.25, -0.2) is 0 Å². The standard InChI is InChI=1S/C13H17NO/c15-13(11-6-2-1-3-7-11)10-12-8-4-5-9-14-12/h1-3,6-7,12,14H,4-5,8-10H2/t12-/m0/s1. The molecule has 1 aromatic rings. The predicted octanol–water partition coefficient (Wildman–Crippen LogP) is 2.40. The molecule has 1 fully saturated rings. The van der Waals surface area contributed by atoms with Gasteiger partial charge in [-0.1, -0.05) is 36.8 Å². The van der Waals surface area contributed by atoms with Gasteiger partial charge in [-0.15, -0.1) is 0 Å². The Morgan fingerprint density at radius 2 is 2.07 bits per heavy atom. The number of nitrogens with one attached hydrogen (secondary N) is 1. The summed E-state index contributed by atoms with van der Waals surface area (Å²) in [6.07, 6.45) is 4.28. The van der Waals surface area contributed by atoms with Crippen LogP contribution in [0.1, 0.15) is 36.0 Å². The number of carbonyl (C=O) groups excluding carboxylic acids is 1. The van der Waals surface area contributed by atoms with Crippen molar-refractivity contribution in [3.05, 3.63) is 35.9 Å². The quantitative estimate of drug-likeness (QED) is 0.764. The zero-order valence-corrected chi connectivity index (χ0v) is 8.91. The van der Waals surface area contributed by atoms with Crippen LogP contribution in [0.15, 0.2) is 30.3 Å². The summed E-state index contributed by atoms with van der Waals surface area (Å²) >= 11 is 0. The molecule has 0 aliphatic carbocycles. The summed E-state index contributed by atoms with van der Waals surface area (Å²) in [7, 11) is 0. The van der Waals surface area contributed by atoms with E-state index in [2.05, 4.69) is 5.32 Å². The van der Waals surface area contributed by atoms with Crippen molar-refractivity contribution in [2.75, 3.05) is 6.54 Å². The Morgan fingerprint density at radius 3 is 2.73 bits per heavy atom. The van der Waals surface area contributed by atoms with Gasteiger partial charge in [-0.05, 0) is 19.4 Å². The van der Waals surface area contributed by atoms with E-state index in [9.17, 15) is 4.79 Å². The number of hydrogen-bond donors (Lipinski definition) is 1. The number of hydrogen-bond acceptors (Lipinski definition) is 2. The molecule has 2 nitrogen and oxygen atoms in total. The van der Waals surface area contributed by atoms with E-state index in [0.29, 0.717) is 12.5 Å². The van der Waals surface area contributed by atoms with Crippen molar-refractivity contribution < 1.29 is 4.79 Å². The first-order valence-corrected chi connectivity index (χ1v) is 5.68. The van der Waals surface area contributed by atoms with Gasteiger partial charge in [0.1, 0.15) is 0 Å². The third-order valence-corrected chi connectivity index (χ3v) is 2.94. The molecule has 1 aliphatic rings. The minimum absolute atomic E-state index is 0.259. The van der Waals surface area contributed by atoms with Crippen LogP contribution in [0.5, 0.6) is 0 Å². The summed E-state index contributed by atoms with van der Waals surface area (Å²) in [4.78, 5) is 11.9. The molecule has 1 atom stereocenters. The minimum Gasteiger partial charge on any atom is -0.314 e. The van der Waals surface area contributed by atoms with Gasteiger partial charge in [0.25, 0.3) is 0 Å². The zero-order valence-electron chi connectivity index (χ0n) is 8.91. The number of benzene rings is 1. The highest BCUT2D eigenvalue weighted by Crippen LogP contribution is 2.13. The van der Waals surface area contributed by atoms with Crippen LogP contribution in [0.2, 0.25) is 0 Å². The van der Waals surface area contributed by atoms with Gasteiger partial charge in [-0.2, -0.15) is 0 Å². The molecular formula is C13H17NO. The van der Waals surface area contributed by atoms with Crippen molar-refractivity contribution >= 4 is 5.78 Å². The largest absolute Gasteiger partial charge is 0.314 e. The fraction of sp³-hybridized carbons (Fsp3) is 0.462. The van der Waals surface area contributed by atoms with Crippen molar-refractivity contribution in [3.8, 4) is 0 Å². The Bertz CT molecular complexity index is 315. The molecule has 0 unspecified atom stereocenters. The maximum absolute atomic E-state index is 11.9. The molecule has 2 rings (SSSR count). The van der Waals surface area contributed by atoms with Crippen LogP contribution in [0.4, 0.5) is 0 Å². The Labute approximate surface area is 90.7 Å².